The fourth-order valence-electron chi connectivity index (χ4n) is 3.10. The Bertz CT molecular complexity index is 818. The highest BCUT2D eigenvalue weighted by Crippen LogP contribution is 2.36. The van der Waals surface area contributed by atoms with Crippen LogP contribution < -0.4 is 0 Å². The molecule has 3 rings (SSSR count). The Labute approximate surface area is 136 Å². The molecule has 0 amide bonds. The molecule has 0 aliphatic heterocycles. The minimum Gasteiger partial charge on any atom is -0.452 e. The molecule has 3 nitrogen and oxygen atoms in total. The van der Waals surface area contributed by atoms with E-state index < -0.39 is 0 Å². The third-order valence-electron chi connectivity index (χ3n) is 4.16. The predicted molar refractivity (Wildman–Crippen MR) is 93.8 cm³/mol. The van der Waals surface area contributed by atoms with Gasteiger partial charge in [-0.05, 0) is 24.5 Å². The molecule has 118 valence electrons. The number of benzene rings is 2. The summed E-state index contributed by atoms with van der Waals surface area (Å²) in [5, 5.41) is 1.09. The van der Waals surface area contributed by atoms with Crippen LogP contribution in [-0.4, -0.2) is 17.8 Å². The second kappa shape index (κ2) is 6.69. The van der Waals surface area contributed by atoms with Crippen molar-refractivity contribution in [3.05, 3.63) is 60.3 Å². The Kier molecular flexibility index (Phi) is 4.47. The van der Waals surface area contributed by atoms with Gasteiger partial charge in [-0.1, -0.05) is 61.9 Å². The van der Waals surface area contributed by atoms with Crippen LogP contribution in [0, 0.1) is 0 Å². The number of para-hydroxylation sites is 1. The molecule has 0 atom stereocenters. The summed E-state index contributed by atoms with van der Waals surface area (Å²) < 4.78 is 6.77. The van der Waals surface area contributed by atoms with E-state index in [2.05, 4.69) is 25.1 Å². The Morgan fingerprint density at radius 3 is 2.43 bits per heavy atom. The lowest BCUT2D eigenvalue weighted by atomic mass is 9.99. The lowest BCUT2D eigenvalue weighted by Crippen LogP contribution is -2.14. The van der Waals surface area contributed by atoms with Gasteiger partial charge < -0.3 is 4.74 Å². The summed E-state index contributed by atoms with van der Waals surface area (Å²) in [5.74, 6) is 0. The van der Waals surface area contributed by atoms with Crippen LogP contribution in [-0.2, 0) is 11.2 Å². The third kappa shape index (κ3) is 2.74. The minimum atomic E-state index is -0.325. The molecule has 3 aromatic rings. The molecule has 0 spiro atoms. The number of aromatic nitrogens is 1. The molecule has 0 N–H and O–H groups in total. The topological polar surface area (TPSA) is 31.2 Å². The van der Waals surface area contributed by atoms with Crippen LogP contribution in [0.2, 0.25) is 0 Å². The van der Waals surface area contributed by atoms with Gasteiger partial charge in [0.1, 0.15) is 0 Å². The molecule has 3 heteroatoms. The van der Waals surface area contributed by atoms with Gasteiger partial charge in [-0.15, -0.1) is 0 Å². The van der Waals surface area contributed by atoms with Crippen molar-refractivity contribution in [2.45, 2.75) is 26.2 Å². The molecule has 0 aliphatic carbocycles. The summed E-state index contributed by atoms with van der Waals surface area (Å²) in [5.41, 5.74) is 4.22. The molecular formula is C20H21NO2. The Hall–Kier alpha value is -2.55. The maximum atomic E-state index is 12.4. The van der Waals surface area contributed by atoms with E-state index in [-0.39, 0.29) is 6.09 Å². The van der Waals surface area contributed by atoms with Crippen molar-refractivity contribution in [1.82, 2.24) is 4.57 Å². The molecule has 1 heterocycles. The second-order valence-corrected chi connectivity index (χ2v) is 5.61. The van der Waals surface area contributed by atoms with Crippen LogP contribution in [0.4, 0.5) is 4.79 Å². The Morgan fingerprint density at radius 2 is 1.74 bits per heavy atom. The van der Waals surface area contributed by atoms with E-state index in [4.69, 9.17) is 4.74 Å². The molecule has 0 unspecified atom stereocenters. The minimum absolute atomic E-state index is 0.325. The highest BCUT2D eigenvalue weighted by Gasteiger charge is 2.21. The highest BCUT2D eigenvalue weighted by molar-refractivity contribution is 6.02. The standard InChI is InChI=1S/C20H21NO2/c1-3-4-13-18-19(15-10-6-5-7-11-15)16-12-8-9-14-17(16)21(18)20(22)23-2/h5-12,14H,3-4,13H2,1-2H3. The van der Waals surface area contributed by atoms with Gasteiger partial charge in [-0.25, -0.2) is 9.36 Å². The van der Waals surface area contributed by atoms with Crippen LogP contribution in [0.25, 0.3) is 22.0 Å². The number of methoxy groups -OCH3 is 1. The van der Waals surface area contributed by atoms with Crippen molar-refractivity contribution >= 4 is 17.0 Å². The van der Waals surface area contributed by atoms with E-state index in [0.29, 0.717) is 0 Å². The van der Waals surface area contributed by atoms with E-state index in [1.165, 1.54) is 7.11 Å². The number of unbranched alkanes of at least 4 members (excludes halogenated alkanes) is 1. The third-order valence-corrected chi connectivity index (χ3v) is 4.16. The molecule has 2 aromatic carbocycles. The largest absolute Gasteiger partial charge is 0.452 e. The quantitative estimate of drug-likeness (QED) is 0.658. The SMILES string of the molecule is CCCCc1c(-c2ccccc2)c2ccccc2n1C(=O)OC. The molecule has 0 bridgehead atoms. The second-order valence-electron chi connectivity index (χ2n) is 5.61. The van der Waals surface area contributed by atoms with Gasteiger partial charge in [-0.2, -0.15) is 0 Å². The average Bonchev–Trinajstić information content (AvgIpc) is 2.94. The fraction of sp³-hybridized carbons (Fsp3) is 0.250. The number of carbonyl (C=O) groups is 1. The van der Waals surface area contributed by atoms with Crippen LogP contribution >= 0.6 is 0 Å². The van der Waals surface area contributed by atoms with E-state index in [1.54, 1.807) is 4.57 Å². The van der Waals surface area contributed by atoms with Crippen LogP contribution in [0.3, 0.4) is 0 Å². The molecule has 0 saturated carbocycles. The van der Waals surface area contributed by atoms with Gasteiger partial charge in [-0.3, -0.25) is 0 Å². The number of hydrogen-bond donors (Lipinski definition) is 0. The Balaban J connectivity index is 2.34. The van der Waals surface area contributed by atoms with Crippen molar-refractivity contribution in [2.75, 3.05) is 7.11 Å². The summed E-state index contributed by atoms with van der Waals surface area (Å²) in [6.45, 7) is 2.16. The van der Waals surface area contributed by atoms with Crippen LogP contribution in [0.15, 0.2) is 54.6 Å². The summed E-state index contributed by atoms with van der Waals surface area (Å²) in [6, 6.07) is 18.3. The van der Waals surface area contributed by atoms with E-state index >= 15 is 0 Å². The first kappa shape index (κ1) is 15.3. The number of hydrogen-bond acceptors (Lipinski definition) is 2. The van der Waals surface area contributed by atoms with Gasteiger partial charge in [0.2, 0.25) is 0 Å². The number of fused-ring (bicyclic) bond motifs is 1. The van der Waals surface area contributed by atoms with Crippen molar-refractivity contribution in [3.8, 4) is 11.1 Å². The lowest BCUT2D eigenvalue weighted by molar-refractivity contribution is 0.173. The number of carbonyl (C=O) groups excluding carboxylic acids is 1. The van der Waals surface area contributed by atoms with Crippen molar-refractivity contribution in [1.29, 1.82) is 0 Å². The summed E-state index contributed by atoms with van der Waals surface area (Å²) >= 11 is 0. The molecule has 0 radical (unpaired) electrons. The summed E-state index contributed by atoms with van der Waals surface area (Å²) in [7, 11) is 1.43. The average molecular weight is 307 g/mol. The lowest BCUT2D eigenvalue weighted by Gasteiger charge is -2.10. The van der Waals surface area contributed by atoms with E-state index in [0.717, 1.165) is 47.0 Å². The molecule has 0 fully saturated rings. The van der Waals surface area contributed by atoms with Gasteiger partial charge in [0, 0.05) is 16.6 Å². The summed E-state index contributed by atoms with van der Waals surface area (Å²) in [6.07, 6.45) is 2.64. The van der Waals surface area contributed by atoms with Gasteiger partial charge in [0.15, 0.2) is 0 Å². The highest BCUT2D eigenvalue weighted by atomic mass is 16.5. The molecule has 0 saturated heterocycles. The van der Waals surface area contributed by atoms with Crippen LogP contribution in [0.1, 0.15) is 25.5 Å². The first-order chi connectivity index (χ1) is 11.3. The maximum absolute atomic E-state index is 12.4. The number of nitrogens with zero attached hydrogens (tertiary/aromatic N) is 1. The monoisotopic (exact) mass is 307 g/mol. The summed E-state index contributed by atoms with van der Waals surface area (Å²) in [4.78, 5) is 12.4. The number of rotatable bonds is 4. The zero-order chi connectivity index (χ0) is 16.2. The van der Waals surface area contributed by atoms with Gasteiger partial charge >= 0.3 is 6.09 Å². The first-order valence-corrected chi connectivity index (χ1v) is 8.04. The van der Waals surface area contributed by atoms with Gasteiger partial charge in [0.25, 0.3) is 0 Å². The van der Waals surface area contributed by atoms with E-state index in [9.17, 15) is 4.79 Å². The fourth-order valence-corrected chi connectivity index (χ4v) is 3.10. The normalized spacial score (nSPS) is 10.9. The van der Waals surface area contributed by atoms with Gasteiger partial charge in [0.05, 0.1) is 12.6 Å². The van der Waals surface area contributed by atoms with Crippen molar-refractivity contribution in [2.24, 2.45) is 0 Å². The molecule has 0 aliphatic rings. The van der Waals surface area contributed by atoms with Crippen molar-refractivity contribution in [3.63, 3.8) is 0 Å². The maximum Gasteiger partial charge on any atom is 0.418 e. The predicted octanol–water partition coefficient (Wildman–Crippen LogP) is 5.27. The first-order valence-electron chi connectivity index (χ1n) is 8.04. The molecular weight excluding hydrogens is 286 g/mol. The number of ether oxygens (including phenoxy) is 1. The molecule has 1 aromatic heterocycles. The molecule has 23 heavy (non-hydrogen) atoms. The smallest absolute Gasteiger partial charge is 0.418 e. The van der Waals surface area contributed by atoms with E-state index in [1.807, 2.05) is 36.4 Å². The zero-order valence-electron chi connectivity index (χ0n) is 13.6. The Morgan fingerprint density at radius 1 is 1.04 bits per heavy atom. The van der Waals surface area contributed by atoms with Crippen LogP contribution in [0.5, 0.6) is 0 Å². The zero-order valence-corrected chi connectivity index (χ0v) is 13.6. The van der Waals surface area contributed by atoms with Crippen molar-refractivity contribution < 1.29 is 9.53 Å².